The summed E-state index contributed by atoms with van der Waals surface area (Å²) >= 11 is 0. The number of hydrogen-bond acceptors (Lipinski definition) is 0. The molecule has 1 heterocycles. The first kappa shape index (κ1) is 16.1. The van der Waals surface area contributed by atoms with Gasteiger partial charge in [-0.2, -0.15) is 0 Å². The van der Waals surface area contributed by atoms with Crippen molar-refractivity contribution in [2.75, 3.05) is 0 Å². The molecular formula is C24H26N+. The molecule has 126 valence electrons. The van der Waals surface area contributed by atoms with E-state index < -0.39 is 0 Å². The van der Waals surface area contributed by atoms with Crippen LogP contribution in [0.4, 0.5) is 0 Å². The molecule has 0 N–H and O–H groups in total. The summed E-state index contributed by atoms with van der Waals surface area (Å²) in [7, 11) is 2.17. The van der Waals surface area contributed by atoms with Gasteiger partial charge in [-0.3, -0.25) is 0 Å². The van der Waals surface area contributed by atoms with Gasteiger partial charge in [-0.05, 0) is 41.7 Å². The van der Waals surface area contributed by atoms with Crippen molar-refractivity contribution in [1.29, 1.82) is 0 Å². The fraction of sp³-hybridized carbons (Fsp3) is 0.292. The van der Waals surface area contributed by atoms with Gasteiger partial charge in [0.05, 0.1) is 5.56 Å². The zero-order valence-corrected chi connectivity index (χ0v) is 15.9. The van der Waals surface area contributed by atoms with E-state index in [1.807, 2.05) is 0 Å². The van der Waals surface area contributed by atoms with Crippen LogP contribution in [0.1, 0.15) is 43.0 Å². The third-order valence-electron chi connectivity index (χ3n) is 5.82. The van der Waals surface area contributed by atoms with Gasteiger partial charge in [-0.1, -0.05) is 57.2 Å². The monoisotopic (exact) mass is 328 g/mol. The molecule has 3 aromatic rings. The summed E-state index contributed by atoms with van der Waals surface area (Å²) in [6.45, 7) is 9.13. The third kappa shape index (κ3) is 2.26. The van der Waals surface area contributed by atoms with E-state index in [4.69, 9.17) is 0 Å². The van der Waals surface area contributed by atoms with Crippen LogP contribution in [0.25, 0.3) is 22.4 Å². The fourth-order valence-electron chi connectivity index (χ4n) is 4.36. The maximum absolute atomic E-state index is 2.34. The van der Waals surface area contributed by atoms with Crippen LogP contribution in [0.15, 0.2) is 54.7 Å². The van der Waals surface area contributed by atoms with Crippen molar-refractivity contribution in [2.24, 2.45) is 7.05 Å². The number of rotatable bonds is 2. The van der Waals surface area contributed by atoms with E-state index in [9.17, 15) is 0 Å². The highest BCUT2D eigenvalue weighted by atomic mass is 14.9. The Morgan fingerprint density at radius 3 is 2.36 bits per heavy atom. The molecule has 0 amide bonds. The number of nitrogens with zero attached hydrogens (tertiary/aromatic N) is 1. The van der Waals surface area contributed by atoms with Crippen molar-refractivity contribution in [3.63, 3.8) is 0 Å². The molecule has 0 unspecified atom stereocenters. The average Bonchev–Trinajstić information content (AvgIpc) is 2.83. The fourth-order valence-corrected chi connectivity index (χ4v) is 4.36. The SMILES string of the molecule is CCc1ccc(-c2c(C)ccc3c2-c2ccccc2C3(C)C)[n+](C)c1. The number of aromatic nitrogens is 1. The molecule has 2 aromatic carbocycles. The first-order chi connectivity index (χ1) is 11.9. The van der Waals surface area contributed by atoms with Gasteiger partial charge in [0.15, 0.2) is 6.20 Å². The molecule has 1 aromatic heterocycles. The summed E-state index contributed by atoms with van der Waals surface area (Å²) in [4.78, 5) is 0. The Hall–Kier alpha value is -2.41. The van der Waals surface area contributed by atoms with E-state index in [0.29, 0.717) is 0 Å². The Balaban J connectivity index is 2.07. The van der Waals surface area contributed by atoms with Gasteiger partial charge in [0.2, 0.25) is 5.69 Å². The van der Waals surface area contributed by atoms with Gasteiger partial charge in [-0.15, -0.1) is 0 Å². The number of aryl methyl sites for hydroxylation is 3. The van der Waals surface area contributed by atoms with Crippen LogP contribution in [0.3, 0.4) is 0 Å². The second kappa shape index (κ2) is 5.56. The minimum absolute atomic E-state index is 0.0519. The molecule has 1 heteroatoms. The maximum Gasteiger partial charge on any atom is 0.213 e. The Kier molecular flexibility index (Phi) is 3.57. The minimum atomic E-state index is 0.0519. The molecule has 25 heavy (non-hydrogen) atoms. The Morgan fingerprint density at radius 1 is 0.880 bits per heavy atom. The maximum atomic E-state index is 2.34. The quantitative estimate of drug-likeness (QED) is 0.558. The van der Waals surface area contributed by atoms with Crippen LogP contribution in [0.2, 0.25) is 0 Å². The smallest absolute Gasteiger partial charge is 0.201 e. The molecule has 0 spiro atoms. The molecule has 0 atom stereocenters. The van der Waals surface area contributed by atoms with Crippen LogP contribution < -0.4 is 4.57 Å². The van der Waals surface area contributed by atoms with Crippen molar-refractivity contribution < 1.29 is 4.57 Å². The molecule has 1 aliphatic carbocycles. The van der Waals surface area contributed by atoms with Gasteiger partial charge < -0.3 is 0 Å². The van der Waals surface area contributed by atoms with E-state index in [2.05, 4.69) is 94.0 Å². The predicted octanol–water partition coefficient (Wildman–Crippen LogP) is 5.36. The molecule has 0 radical (unpaired) electrons. The van der Waals surface area contributed by atoms with Gasteiger partial charge in [0, 0.05) is 22.6 Å². The van der Waals surface area contributed by atoms with Crippen LogP contribution in [-0.2, 0) is 18.9 Å². The lowest BCUT2D eigenvalue weighted by Gasteiger charge is -2.21. The summed E-state index contributed by atoms with van der Waals surface area (Å²) in [5.74, 6) is 0. The molecule has 1 nitrogen and oxygen atoms in total. The number of hydrogen-bond donors (Lipinski definition) is 0. The highest BCUT2D eigenvalue weighted by Crippen LogP contribution is 2.52. The lowest BCUT2D eigenvalue weighted by Crippen LogP contribution is -2.31. The first-order valence-electron chi connectivity index (χ1n) is 9.18. The molecule has 0 bridgehead atoms. The van der Waals surface area contributed by atoms with Gasteiger partial charge >= 0.3 is 0 Å². The van der Waals surface area contributed by atoms with Crippen molar-refractivity contribution in [3.05, 3.63) is 77.0 Å². The van der Waals surface area contributed by atoms with Gasteiger partial charge in [0.25, 0.3) is 0 Å². The highest BCUT2D eigenvalue weighted by Gasteiger charge is 2.38. The van der Waals surface area contributed by atoms with Gasteiger partial charge in [0.1, 0.15) is 7.05 Å². The van der Waals surface area contributed by atoms with E-state index in [-0.39, 0.29) is 5.41 Å². The molecule has 0 fully saturated rings. The van der Waals surface area contributed by atoms with Crippen LogP contribution >= 0.6 is 0 Å². The van der Waals surface area contributed by atoms with Crippen molar-refractivity contribution >= 4 is 0 Å². The summed E-state index contributed by atoms with van der Waals surface area (Å²) in [5, 5.41) is 0. The standard InChI is InChI=1S/C24H26N/c1-6-17-12-14-21(25(5)15-17)22-16(2)11-13-20-23(22)18-9-7-8-10-19(18)24(20,3)4/h7-15H,6H2,1-5H3/q+1. The second-order valence-electron chi connectivity index (χ2n) is 7.74. The largest absolute Gasteiger partial charge is 0.213 e. The molecule has 0 aliphatic heterocycles. The zero-order chi connectivity index (χ0) is 17.8. The molecule has 1 aliphatic rings. The van der Waals surface area contributed by atoms with Crippen molar-refractivity contribution in [3.8, 4) is 22.4 Å². The molecule has 0 saturated heterocycles. The molecular weight excluding hydrogens is 302 g/mol. The van der Waals surface area contributed by atoms with E-state index in [0.717, 1.165) is 6.42 Å². The van der Waals surface area contributed by atoms with E-state index >= 15 is 0 Å². The first-order valence-corrected chi connectivity index (χ1v) is 9.18. The third-order valence-corrected chi connectivity index (χ3v) is 5.82. The average molecular weight is 328 g/mol. The van der Waals surface area contributed by atoms with E-state index in [1.54, 1.807) is 0 Å². The number of fused-ring (bicyclic) bond motifs is 3. The van der Waals surface area contributed by atoms with Crippen LogP contribution in [-0.4, -0.2) is 0 Å². The number of benzene rings is 2. The highest BCUT2D eigenvalue weighted by molar-refractivity contribution is 5.92. The summed E-state index contributed by atoms with van der Waals surface area (Å²) in [6.07, 6.45) is 3.33. The Labute approximate surface area is 151 Å². The second-order valence-corrected chi connectivity index (χ2v) is 7.74. The molecule has 0 saturated carbocycles. The Bertz CT molecular complexity index is 979. The predicted molar refractivity (Wildman–Crippen MR) is 105 cm³/mol. The molecule has 4 rings (SSSR count). The minimum Gasteiger partial charge on any atom is -0.201 e. The lowest BCUT2D eigenvalue weighted by molar-refractivity contribution is -0.660. The lowest BCUT2D eigenvalue weighted by atomic mass is 9.81. The van der Waals surface area contributed by atoms with Crippen LogP contribution in [0.5, 0.6) is 0 Å². The van der Waals surface area contributed by atoms with E-state index in [1.165, 1.54) is 44.6 Å². The zero-order valence-electron chi connectivity index (χ0n) is 15.9. The normalized spacial score (nSPS) is 14.3. The summed E-state index contributed by atoms with van der Waals surface area (Å²) < 4.78 is 2.29. The van der Waals surface area contributed by atoms with Crippen molar-refractivity contribution in [1.82, 2.24) is 0 Å². The summed E-state index contributed by atoms with van der Waals surface area (Å²) in [5.41, 5.74) is 11.1. The Morgan fingerprint density at radius 2 is 1.64 bits per heavy atom. The van der Waals surface area contributed by atoms with Crippen LogP contribution in [0, 0.1) is 6.92 Å². The van der Waals surface area contributed by atoms with Crippen molar-refractivity contribution in [2.45, 2.75) is 39.5 Å². The topological polar surface area (TPSA) is 3.88 Å². The summed E-state index contributed by atoms with van der Waals surface area (Å²) in [6, 6.07) is 18.1. The number of pyridine rings is 1. The van der Waals surface area contributed by atoms with Gasteiger partial charge in [-0.25, -0.2) is 4.57 Å².